The molecule has 0 nitrogen and oxygen atoms in total. The van der Waals surface area contributed by atoms with Gasteiger partial charge in [0, 0.05) is 0 Å². The van der Waals surface area contributed by atoms with Crippen LogP contribution in [0.5, 0.6) is 0 Å². The normalized spacial score (nSPS) is 14.1. The van der Waals surface area contributed by atoms with E-state index in [9.17, 15) is 0 Å². The fourth-order valence-electron chi connectivity index (χ4n) is 3.51. The third-order valence-corrected chi connectivity index (χ3v) is 20.7. The molecule has 0 fully saturated rings. The van der Waals surface area contributed by atoms with Crippen LogP contribution in [-0.4, -0.2) is 13.3 Å². The molecule has 0 aromatic rings. The summed E-state index contributed by atoms with van der Waals surface area (Å²) in [5.41, 5.74) is 0. The van der Waals surface area contributed by atoms with E-state index in [1.165, 1.54) is 0 Å². The summed E-state index contributed by atoms with van der Waals surface area (Å²) < 4.78 is 0.596. The van der Waals surface area contributed by atoms with Crippen LogP contribution in [0.3, 0.4) is 0 Å². The second-order valence-corrected chi connectivity index (χ2v) is 19.4. The summed E-state index contributed by atoms with van der Waals surface area (Å²) in [5, 5.41) is 4.67. The minimum atomic E-state index is -1.78. The molecule has 0 atom stereocenters. The molecule has 0 aromatic heterocycles. The summed E-state index contributed by atoms with van der Waals surface area (Å²) in [7, 11) is 0. The van der Waals surface area contributed by atoms with Gasteiger partial charge in [-0.25, -0.2) is 0 Å². The molecular weight excluding hydrogens is 265 g/mol. The molecule has 0 heterocycles. The summed E-state index contributed by atoms with van der Waals surface area (Å²) in [4.78, 5) is 0. The zero-order valence-electron chi connectivity index (χ0n) is 13.9. The van der Waals surface area contributed by atoms with E-state index in [-0.39, 0.29) is 0 Å². The van der Waals surface area contributed by atoms with E-state index in [2.05, 4.69) is 62.3 Å². The Morgan fingerprint density at radius 1 is 0.647 bits per heavy atom. The van der Waals surface area contributed by atoms with Gasteiger partial charge in [0.2, 0.25) is 0 Å². The molecule has 0 bridgehead atoms. The number of rotatable bonds is 6. The van der Waals surface area contributed by atoms with Gasteiger partial charge in [-0.2, -0.15) is 0 Å². The predicted molar refractivity (Wildman–Crippen MR) is 84.4 cm³/mol. The fourth-order valence-corrected chi connectivity index (χ4v) is 18.3. The second-order valence-electron chi connectivity index (χ2n) is 8.32. The Bertz CT molecular complexity index is 182. The Hall–Kier alpha value is 0.543. The minimum absolute atomic E-state index is 0.596. The van der Waals surface area contributed by atoms with Gasteiger partial charge in [0.25, 0.3) is 0 Å². The van der Waals surface area contributed by atoms with Crippen LogP contribution in [-0.2, 0) is 0 Å². The number of hydrogen-bond acceptors (Lipinski definition) is 0. The average Bonchev–Trinajstić information content (AvgIpc) is 1.96. The molecule has 1 heteroatoms. The molecule has 0 rings (SSSR count). The molecule has 0 aliphatic rings. The van der Waals surface area contributed by atoms with Crippen LogP contribution in [0.15, 0.2) is 0 Å². The van der Waals surface area contributed by atoms with Crippen molar-refractivity contribution in [3.8, 4) is 0 Å². The number of hydrogen-bond donors (Lipinski definition) is 0. The first-order valence-electron chi connectivity index (χ1n) is 7.50. The molecular formula is C16H36Ge. The van der Waals surface area contributed by atoms with E-state index >= 15 is 0 Å². The van der Waals surface area contributed by atoms with Crippen LogP contribution < -0.4 is 0 Å². The van der Waals surface area contributed by atoms with Gasteiger partial charge in [-0.1, -0.05) is 0 Å². The van der Waals surface area contributed by atoms with Crippen molar-refractivity contribution in [1.82, 2.24) is 0 Å². The molecule has 0 saturated carbocycles. The SMILES string of the molecule is CC(C)[CH2][Ge]([CH2]C(C)C)([CH2]C(C)C)[C](C)(C)C. The van der Waals surface area contributed by atoms with Gasteiger partial charge < -0.3 is 0 Å². The van der Waals surface area contributed by atoms with Gasteiger partial charge in [-0.05, 0) is 0 Å². The van der Waals surface area contributed by atoms with E-state index in [1.807, 2.05) is 0 Å². The fraction of sp³-hybridized carbons (Fsp3) is 1.00. The zero-order valence-corrected chi connectivity index (χ0v) is 16.0. The molecule has 17 heavy (non-hydrogen) atoms. The maximum absolute atomic E-state index is 2.53. The van der Waals surface area contributed by atoms with Crippen LogP contribution in [0.25, 0.3) is 0 Å². The van der Waals surface area contributed by atoms with Gasteiger partial charge in [-0.3, -0.25) is 0 Å². The molecule has 0 radical (unpaired) electrons. The summed E-state index contributed by atoms with van der Waals surface area (Å²) in [6.07, 6.45) is 0. The molecule has 0 spiro atoms. The Kier molecular flexibility index (Phi) is 6.85. The third-order valence-electron chi connectivity index (χ3n) is 3.99. The molecule has 0 N–H and O–H groups in total. The molecule has 0 unspecified atom stereocenters. The topological polar surface area (TPSA) is 0 Å². The van der Waals surface area contributed by atoms with Gasteiger partial charge in [0.05, 0.1) is 0 Å². The second kappa shape index (κ2) is 6.63. The Morgan fingerprint density at radius 3 is 1.00 bits per heavy atom. The van der Waals surface area contributed by atoms with Crippen molar-refractivity contribution >= 4 is 13.3 Å². The first-order chi connectivity index (χ1) is 7.50. The van der Waals surface area contributed by atoms with Crippen LogP contribution in [0, 0.1) is 17.8 Å². The average molecular weight is 301 g/mol. The Balaban J connectivity index is 5.20. The van der Waals surface area contributed by atoms with Crippen molar-refractivity contribution in [2.75, 3.05) is 0 Å². The molecule has 0 aromatic carbocycles. The van der Waals surface area contributed by atoms with Crippen molar-refractivity contribution in [2.24, 2.45) is 17.8 Å². The maximum atomic E-state index is 2.53. The van der Waals surface area contributed by atoms with Gasteiger partial charge >= 0.3 is 113 Å². The Morgan fingerprint density at radius 2 is 0.882 bits per heavy atom. The van der Waals surface area contributed by atoms with E-state index in [0.29, 0.717) is 4.25 Å². The summed E-state index contributed by atoms with van der Waals surface area (Å²) >= 11 is -1.78. The van der Waals surface area contributed by atoms with E-state index in [0.717, 1.165) is 17.8 Å². The molecule has 0 amide bonds. The van der Waals surface area contributed by atoms with Crippen molar-refractivity contribution < 1.29 is 0 Å². The van der Waals surface area contributed by atoms with E-state index in [4.69, 9.17) is 0 Å². The molecule has 0 aliphatic carbocycles. The van der Waals surface area contributed by atoms with Crippen molar-refractivity contribution in [3.05, 3.63) is 0 Å². The summed E-state index contributed by atoms with van der Waals surface area (Å²) in [6.45, 7) is 22.1. The molecule has 0 saturated heterocycles. The van der Waals surface area contributed by atoms with E-state index in [1.54, 1.807) is 15.8 Å². The van der Waals surface area contributed by atoms with Gasteiger partial charge in [0.1, 0.15) is 0 Å². The van der Waals surface area contributed by atoms with Crippen molar-refractivity contribution in [1.29, 1.82) is 0 Å². The molecule has 104 valence electrons. The van der Waals surface area contributed by atoms with Gasteiger partial charge in [0.15, 0.2) is 0 Å². The van der Waals surface area contributed by atoms with Crippen molar-refractivity contribution in [2.45, 2.75) is 82.3 Å². The Labute approximate surface area is 113 Å². The predicted octanol–water partition coefficient (Wildman–Crippen LogP) is 6.20. The first kappa shape index (κ1) is 17.5. The van der Waals surface area contributed by atoms with Crippen LogP contribution in [0.4, 0.5) is 0 Å². The summed E-state index contributed by atoms with van der Waals surface area (Å²) in [5.74, 6) is 2.64. The first-order valence-corrected chi connectivity index (χ1v) is 13.0. The summed E-state index contributed by atoms with van der Waals surface area (Å²) in [6, 6.07) is 0. The standard InChI is InChI=1S/C16H36Ge/c1-13(2)10-17(11-14(3)4,12-15(5)6)16(7,8)9/h13-15H,10-12H2,1-9H3. The van der Waals surface area contributed by atoms with Crippen LogP contribution in [0.1, 0.15) is 62.3 Å². The monoisotopic (exact) mass is 302 g/mol. The third kappa shape index (κ3) is 5.81. The van der Waals surface area contributed by atoms with Gasteiger partial charge in [-0.15, -0.1) is 0 Å². The zero-order chi connectivity index (χ0) is 13.9. The van der Waals surface area contributed by atoms with E-state index < -0.39 is 13.3 Å². The van der Waals surface area contributed by atoms with Crippen molar-refractivity contribution in [3.63, 3.8) is 0 Å². The van der Waals surface area contributed by atoms with Crippen LogP contribution in [0.2, 0.25) is 20.0 Å². The van der Waals surface area contributed by atoms with Crippen LogP contribution >= 0.6 is 0 Å². The molecule has 0 aliphatic heterocycles. The quantitative estimate of drug-likeness (QED) is 0.512.